The van der Waals surface area contributed by atoms with Gasteiger partial charge in [-0.1, -0.05) is 0 Å². The molecule has 1 heterocycles. The van der Waals surface area contributed by atoms with Gasteiger partial charge in [0.25, 0.3) is 0 Å². The van der Waals surface area contributed by atoms with Gasteiger partial charge in [-0.3, -0.25) is 0 Å². The van der Waals surface area contributed by atoms with Crippen molar-refractivity contribution < 1.29 is 18.2 Å². The molecule has 1 fully saturated rings. The third kappa shape index (κ3) is 2.82. The van der Waals surface area contributed by atoms with E-state index in [1.807, 2.05) is 0 Å². The average molecular weight is 250 g/mol. The van der Waals surface area contributed by atoms with Crippen LogP contribution in [0.5, 0.6) is 0 Å². The normalized spacial score (nSPS) is 16.5. The molecule has 0 bridgehead atoms. The van der Waals surface area contributed by atoms with Crippen LogP contribution in [0.2, 0.25) is 0 Å². The minimum absolute atomic E-state index is 0.168. The maximum atomic E-state index is 11.0. The molecular weight excluding hydrogens is 241 g/mol. The SMILES string of the molecule is CC(=O)O[Se]CN1C(=O)CCC1=O. The number of hydrogen-bond donors (Lipinski definition) is 0. The Morgan fingerprint density at radius 3 is 2.46 bits per heavy atom. The van der Waals surface area contributed by atoms with E-state index in [0.717, 1.165) is 4.90 Å². The second kappa shape index (κ2) is 4.39. The van der Waals surface area contributed by atoms with Crippen LogP contribution in [0.3, 0.4) is 0 Å². The van der Waals surface area contributed by atoms with Gasteiger partial charge in [0.05, 0.1) is 0 Å². The van der Waals surface area contributed by atoms with Crippen LogP contribution < -0.4 is 0 Å². The summed E-state index contributed by atoms with van der Waals surface area (Å²) in [5.41, 5.74) is 0.240. The second-order valence-electron chi connectivity index (χ2n) is 2.54. The van der Waals surface area contributed by atoms with E-state index < -0.39 is 15.3 Å². The van der Waals surface area contributed by atoms with Crippen LogP contribution in [-0.2, 0) is 18.2 Å². The van der Waals surface area contributed by atoms with Crippen molar-refractivity contribution in [3.05, 3.63) is 0 Å². The van der Waals surface area contributed by atoms with Gasteiger partial charge in [-0.05, 0) is 0 Å². The molecule has 0 aliphatic carbocycles. The zero-order valence-electron chi connectivity index (χ0n) is 7.11. The van der Waals surface area contributed by atoms with Crippen molar-refractivity contribution in [3.8, 4) is 0 Å². The van der Waals surface area contributed by atoms with E-state index in [4.69, 9.17) is 0 Å². The molecule has 1 rings (SSSR count). The number of likely N-dealkylation sites (tertiary alicyclic amines) is 1. The number of hydrogen-bond acceptors (Lipinski definition) is 4. The van der Waals surface area contributed by atoms with Crippen molar-refractivity contribution in [2.45, 2.75) is 19.8 Å². The Bertz CT molecular complexity index is 237. The number of rotatable bonds is 3. The van der Waals surface area contributed by atoms with Gasteiger partial charge in [0.2, 0.25) is 0 Å². The predicted octanol–water partition coefficient (Wildman–Crippen LogP) is -0.725. The number of carbonyl (C=O) groups is 3. The van der Waals surface area contributed by atoms with Gasteiger partial charge in [-0.2, -0.15) is 0 Å². The van der Waals surface area contributed by atoms with Crippen molar-refractivity contribution in [2.24, 2.45) is 0 Å². The summed E-state index contributed by atoms with van der Waals surface area (Å²) in [6.07, 6.45) is 0.573. The third-order valence-corrected chi connectivity index (χ3v) is 3.02. The Morgan fingerprint density at radius 1 is 1.46 bits per heavy atom. The molecule has 13 heavy (non-hydrogen) atoms. The molecule has 0 atom stereocenters. The van der Waals surface area contributed by atoms with Gasteiger partial charge in [0, 0.05) is 0 Å². The molecule has 0 aromatic heterocycles. The number of imide groups is 1. The van der Waals surface area contributed by atoms with Gasteiger partial charge in [0.1, 0.15) is 0 Å². The number of amides is 2. The molecule has 72 valence electrons. The van der Waals surface area contributed by atoms with E-state index in [0.29, 0.717) is 0 Å². The predicted molar refractivity (Wildman–Crippen MR) is 43.5 cm³/mol. The van der Waals surface area contributed by atoms with Crippen LogP contribution in [0.15, 0.2) is 0 Å². The maximum absolute atomic E-state index is 11.0. The van der Waals surface area contributed by atoms with Gasteiger partial charge >= 0.3 is 81.4 Å². The van der Waals surface area contributed by atoms with Crippen LogP contribution in [0.4, 0.5) is 0 Å². The summed E-state index contributed by atoms with van der Waals surface area (Å²) in [6, 6.07) is 0. The van der Waals surface area contributed by atoms with Gasteiger partial charge < -0.3 is 0 Å². The van der Waals surface area contributed by atoms with E-state index in [1.54, 1.807) is 0 Å². The van der Waals surface area contributed by atoms with Gasteiger partial charge in [0.15, 0.2) is 0 Å². The van der Waals surface area contributed by atoms with Gasteiger partial charge in [-0.25, -0.2) is 0 Å². The van der Waals surface area contributed by atoms with Crippen LogP contribution in [0.1, 0.15) is 19.8 Å². The molecule has 6 heteroatoms. The monoisotopic (exact) mass is 251 g/mol. The van der Waals surface area contributed by atoms with E-state index in [-0.39, 0.29) is 36.1 Å². The Hall–Kier alpha value is -0.871. The fourth-order valence-corrected chi connectivity index (χ4v) is 2.21. The summed E-state index contributed by atoms with van der Waals surface area (Å²) in [7, 11) is 0. The fourth-order valence-electron chi connectivity index (χ4n) is 0.929. The summed E-state index contributed by atoms with van der Waals surface area (Å²) in [6.45, 7) is 1.30. The molecule has 0 aromatic rings. The first kappa shape index (κ1) is 10.2. The molecule has 0 spiro atoms. The summed E-state index contributed by atoms with van der Waals surface area (Å²) < 4.78 is 4.68. The van der Waals surface area contributed by atoms with Crippen LogP contribution in [0, 0.1) is 0 Å². The Balaban J connectivity index is 2.31. The minimum atomic E-state index is -0.443. The zero-order chi connectivity index (χ0) is 9.84. The van der Waals surface area contributed by atoms with Crippen LogP contribution in [-0.4, -0.2) is 43.4 Å². The van der Waals surface area contributed by atoms with Crippen molar-refractivity contribution in [3.63, 3.8) is 0 Å². The van der Waals surface area contributed by atoms with E-state index in [1.165, 1.54) is 6.92 Å². The third-order valence-electron chi connectivity index (χ3n) is 1.51. The standard InChI is InChI=1S/C7H9NO4Se/c1-5(9)12-13-4-8-6(10)2-3-7(8)11/h2-4H2,1H3. The Kier molecular flexibility index (Phi) is 3.45. The molecule has 0 N–H and O–H groups in total. The summed E-state index contributed by atoms with van der Waals surface area (Å²) >= 11 is -0.443. The average Bonchev–Trinajstić information content (AvgIpc) is 2.34. The molecule has 2 amide bonds. The topological polar surface area (TPSA) is 63.7 Å². The number of nitrogens with zero attached hydrogens (tertiary/aromatic N) is 1. The first-order chi connectivity index (χ1) is 6.11. The van der Waals surface area contributed by atoms with Crippen LogP contribution in [0.25, 0.3) is 0 Å². The molecule has 0 unspecified atom stereocenters. The van der Waals surface area contributed by atoms with Crippen molar-refractivity contribution in [2.75, 3.05) is 5.44 Å². The van der Waals surface area contributed by atoms with Crippen LogP contribution >= 0.6 is 0 Å². The van der Waals surface area contributed by atoms with Crippen molar-refractivity contribution >= 4 is 33.1 Å². The number of carbonyl (C=O) groups excluding carboxylic acids is 3. The molecule has 0 radical (unpaired) electrons. The van der Waals surface area contributed by atoms with Gasteiger partial charge in [-0.15, -0.1) is 0 Å². The molecule has 1 aliphatic rings. The first-order valence-corrected chi connectivity index (χ1v) is 5.65. The molecule has 0 aromatic carbocycles. The van der Waals surface area contributed by atoms with E-state index >= 15 is 0 Å². The van der Waals surface area contributed by atoms with Crippen molar-refractivity contribution in [1.82, 2.24) is 4.90 Å². The van der Waals surface area contributed by atoms with Crippen molar-refractivity contribution in [1.29, 1.82) is 0 Å². The summed E-state index contributed by atoms with van der Waals surface area (Å²) in [5.74, 6) is -0.711. The quantitative estimate of drug-likeness (QED) is 0.489. The molecule has 0 saturated carbocycles. The summed E-state index contributed by atoms with van der Waals surface area (Å²) in [4.78, 5) is 33.6. The fraction of sp³-hybridized carbons (Fsp3) is 0.571. The van der Waals surface area contributed by atoms with E-state index in [9.17, 15) is 14.4 Å². The first-order valence-electron chi connectivity index (χ1n) is 3.74. The Morgan fingerprint density at radius 2 is 2.00 bits per heavy atom. The second-order valence-corrected chi connectivity index (χ2v) is 3.92. The van der Waals surface area contributed by atoms with E-state index in [2.05, 4.69) is 3.82 Å². The molecule has 1 saturated heterocycles. The summed E-state index contributed by atoms with van der Waals surface area (Å²) in [5, 5.41) is 0. The molecule has 1 aliphatic heterocycles. The molecular formula is C7H9NO4Se. The zero-order valence-corrected chi connectivity index (χ0v) is 8.82. The molecule has 5 nitrogen and oxygen atoms in total. The Labute approximate surface area is 81.9 Å².